The van der Waals surface area contributed by atoms with E-state index >= 15 is 0 Å². The van der Waals surface area contributed by atoms with E-state index in [0.29, 0.717) is 26.2 Å². The molecule has 2 saturated heterocycles. The minimum atomic E-state index is -0.0895. The Hall–Kier alpha value is -2.93. The van der Waals surface area contributed by atoms with Gasteiger partial charge in [-0.2, -0.15) is 0 Å². The zero-order valence-corrected chi connectivity index (χ0v) is 15.9. The standard InChI is InChI=1S/C21H25N5O2/c27-20(17-25-14-15-26(21(25)28)19-7-2-1-3-8-19)24-12-10-23(11-13-24)16-18-6-4-5-9-22-18/h1-9H,10-17H2. The predicted molar refractivity (Wildman–Crippen MR) is 107 cm³/mol. The van der Waals surface area contributed by atoms with E-state index < -0.39 is 0 Å². The van der Waals surface area contributed by atoms with Crippen LogP contribution in [0.15, 0.2) is 54.7 Å². The Bertz CT molecular complexity index is 806. The van der Waals surface area contributed by atoms with Gasteiger partial charge in [-0.25, -0.2) is 4.79 Å². The third kappa shape index (κ3) is 4.14. The molecule has 1 aromatic heterocycles. The van der Waals surface area contributed by atoms with Gasteiger partial charge in [0.2, 0.25) is 5.91 Å². The summed E-state index contributed by atoms with van der Waals surface area (Å²) < 4.78 is 0. The van der Waals surface area contributed by atoms with Crippen molar-refractivity contribution in [2.45, 2.75) is 6.54 Å². The number of anilines is 1. The first-order valence-electron chi connectivity index (χ1n) is 9.72. The molecule has 0 atom stereocenters. The van der Waals surface area contributed by atoms with Crippen molar-refractivity contribution >= 4 is 17.6 Å². The van der Waals surface area contributed by atoms with Crippen LogP contribution in [-0.2, 0) is 11.3 Å². The van der Waals surface area contributed by atoms with Gasteiger partial charge in [-0.15, -0.1) is 0 Å². The molecule has 0 aliphatic carbocycles. The molecular weight excluding hydrogens is 354 g/mol. The van der Waals surface area contributed by atoms with Gasteiger partial charge >= 0.3 is 6.03 Å². The molecule has 0 radical (unpaired) electrons. The molecule has 2 aliphatic heterocycles. The molecule has 0 unspecified atom stereocenters. The lowest BCUT2D eigenvalue weighted by Gasteiger charge is -2.35. The number of carbonyl (C=O) groups is 2. The first kappa shape index (κ1) is 18.4. The van der Waals surface area contributed by atoms with E-state index in [1.807, 2.05) is 53.4 Å². The van der Waals surface area contributed by atoms with Gasteiger partial charge in [0.05, 0.1) is 5.69 Å². The average molecular weight is 379 g/mol. The summed E-state index contributed by atoms with van der Waals surface area (Å²) in [5, 5.41) is 0. The summed E-state index contributed by atoms with van der Waals surface area (Å²) in [6.07, 6.45) is 1.81. The van der Waals surface area contributed by atoms with Crippen molar-refractivity contribution < 1.29 is 9.59 Å². The van der Waals surface area contributed by atoms with Gasteiger partial charge in [-0.3, -0.25) is 19.6 Å². The number of pyridine rings is 1. The van der Waals surface area contributed by atoms with Gasteiger partial charge < -0.3 is 9.80 Å². The molecule has 3 amide bonds. The fraction of sp³-hybridized carbons (Fsp3) is 0.381. The van der Waals surface area contributed by atoms with Gasteiger partial charge in [-0.1, -0.05) is 24.3 Å². The number of urea groups is 1. The molecule has 28 heavy (non-hydrogen) atoms. The highest BCUT2D eigenvalue weighted by Gasteiger charge is 2.32. The van der Waals surface area contributed by atoms with Crippen LogP contribution in [0.4, 0.5) is 10.5 Å². The van der Waals surface area contributed by atoms with Gasteiger partial charge in [0.1, 0.15) is 6.54 Å². The summed E-state index contributed by atoms with van der Waals surface area (Å²) in [5.41, 5.74) is 1.93. The Morgan fingerprint density at radius 2 is 1.64 bits per heavy atom. The van der Waals surface area contributed by atoms with E-state index in [1.165, 1.54) is 0 Å². The van der Waals surface area contributed by atoms with E-state index in [0.717, 1.165) is 31.0 Å². The lowest BCUT2D eigenvalue weighted by Crippen LogP contribution is -2.51. The number of hydrogen-bond acceptors (Lipinski definition) is 4. The molecule has 0 saturated carbocycles. The van der Waals surface area contributed by atoms with E-state index in [-0.39, 0.29) is 18.5 Å². The number of aromatic nitrogens is 1. The minimum absolute atomic E-state index is 0.0285. The maximum Gasteiger partial charge on any atom is 0.325 e. The Morgan fingerprint density at radius 3 is 2.36 bits per heavy atom. The monoisotopic (exact) mass is 379 g/mol. The first-order valence-corrected chi connectivity index (χ1v) is 9.72. The third-order valence-corrected chi connectivity index (χ3v) is 5.33. The molecule has 3 heterocycles. The second-order valence-corrected chi connectivity index (χ2v) is 7.17. The fourth-order valence-electron chi connectivity index (χ4n) is 3.72. The van der Waals surface area contributed by atoms with Gasteiger partial charge in [-0.05, 0) is 24.3 Å². The van der Waals surface area contributed by atoms with Crippen molar-refractivity contribution in [1.82, 2.24) is 19.7 Å². The van der Waals surface area contributed by atoms with Gasteiger partial charge in [0.15, 0.2) is 0 Å². The summed E-state index contributed by atoms with van der Waals surface area (Å²) >= 11 is 0. The van der Waals surface area contributed by atoms with Gasteiger partial charge in [0, 0.05) is 57.7 Å². The zero-order chi connectivity index (χ0) is 19.3. The lowest BCUT2D eigenvalue weighted by molar-refractivity contribution is -0.133. The number of amides is 3. The molecule has 7 heteroatoms. The molecule has 0 bridgehead atoms. The zero-order valence-electron chi connectivity index (χ0n) is 15.9. The molecule has 4 rings (SSSR count). The topological polar surface area (TPSA) is 60.0 Å². The summed E-state index contributed by atoms with van der Waals surface area (Å²) in [6, 6.07) is 15.4. The Morgan fingerprint density at radius 1 is 0.893 bits per heavy atom. The predicted octanol–water partition coefficient (Wildman–Crippen LogP) is 1.67. The number of hydrogen-bond donors (Lipinski definition) is 0. The molecule has 2 aromatic rings. The van der Waals surface area contributed by atoms with Crippen molar-refractivity contribution in [2.75, 3.05) is 50.7 Å². The third-order valence-electron chi connectivity index (χ3n) is 5.33. The minimum Gasteiger partial charge on any atom is -0.339 e. The van der Waals surface area contributed by atoms with Crippen LogP contribution in [0.1, 0.15) is 5.69 Å². The molecule has 2 aliphatic rings. The molecule has 7 nitrogen and oxygen atoms in total. The van der Waals surface area contributed by atoms with Crippen LogP contribution in [0.25, 0.3) is 0 Å². The smallest absolute Gasteiger partial charge is 0.325 e. The van der Waals surface area contributed by atoms with E-state index in [4.69, 9.17) is 0 Å². The largest absolute Gasteiger partial charge is 0.339 e. The highest BCUT2D eigenvalue weighted by molar-refractivity contribution is 5.96. The van der Waals surface area contributed by atoms with Crippen LogP contribution in [0.2, 0.25) is 0 Å². The fourth-order valence-corrected chi connectivity index (χ4v) is 3.72. The Kier molecular flexibility index (Phi) is 5.53. The maximum absolute atomic E-state index is 12.7. The number of rotatable bonds is 5. The molecule has 2 fully saturated rings. The van der Waals surface area contributed by atoms with E-state index in [9.17, 15) is 9.59 Å². The van der Waals surface area contributed by atoms with Crippen LogP contribution >= 0.6 is 0 Å². The SMILES string of the molecule is O=C(CN1CCN(c2ccccc2)C1=O)N1CCN(Cc2ccccn2)CC1. The number of carbonyl (C=O) groups excluding carboxylic acids is 2. The summed E-state index contributed by atoms with van der Waals surface area (Å²) in [5.74, 6) is 0.0285. The highest BCUT2D eigenvalue weighted by atomic mass is 16.2. The normalized spacial score (nSPS) is 18.0. The van der Waals surface area contributed by atoms with Crippen molar-refractivity contribution in [1.29, 1.82) is 0 Å². The summed E-state index contributed by atoms with van der Waals surface area (Å²) in [4.78, 5) is 37.3. The van der Waals surface area contributed by atoms with Crippen LogP contribution < -0.4 is 4.90 Å². The molecule has 0 spiro atoms. The number of benzene rings is 1. The van der Waals surface area contributed by atoms with E-state index in [1.54, 1.807) is 16.0 Å². The summed E-state index contributed by atoms with van der Waals surface area (Å²) in [6.45, 7) is 5.19. The Labute approximate surface area is 165 Å². The average Bonchev–Trinajstić information content (AvgIpc) is 3.10. The van der Waals surface area contributed by atoms with E-state index in [2.05, 4.69) is 9.88 Å². The second kappa shape index (κ2) is 8.39. The molecule has 0 N–H and O–H groups in total. The van der Waals surface area contributed by atoms with Crippen LogP contribution in [0.3, 0.4) is 0 Å². The van der Waals surface area contributed by atoms with Gasteiger partial charge in [0.25, 0.3) is 0 Å². The maximum atomic E-state index is 12.7. The number of piperazine rings is 1. The van der Waals surface area contributed by atoms with Crippen molar-refractivity contribution in [3.8, 4) is 0 Å². The van der Waals surface area contributed by atoms with Crippen LogP contribution in [0, 0.1) is 0 Å². The second-order valence-electron chi connectivity index (χ2n) is 7.17. The molecule has 1 aromatic carbocycles. The first-order chi connectivity index (χ1) is 13.7. The number of nitrogens with zero attached hydrogens (tertiary/aromatic N) is 5. The summed E-state index contributed by atoms with van der Waals surface area (Å²) in [7, 11) is 0. The van der Waals surface area contributed by atoms with Crippen LogP contribution in [0.5, 0.6) is 0 Å². The van der Waals surface area contributed by atoms with Crippen molar-refractivity contribution in [3.05, 3.63) is 60.4 Å². The number of para-hydroxylation sites is 1. The Balaban J connectivity index is 1.26. The molecule has 146 valence electrons. The van der Waals surface area contributed by atoms with Crippen molar-refractivity contribution in [2.24, 2.45) is 0 Å². The quantitative estimate of drug-likeness (QED) is 0.793. The lowest BCUT2D eigenvalue weighted by atomic mass is 10.2. The van der Waals surface area contributed by atoms with Crippen LogP contribution in [-0.4, -0.2) is 77.4 Å². The van der Waals surface area contributed by atoms with Crippen molar-refractivity contribution in [3.63, 3.8) is 0 Å². The highest BCUT2D eigenvalue weighted by Crippen LogP contribution is 2.19. The molecular formula is C21H25N5O2.